The normalized spacial score (nSPS) is 19.1. The van der Waals surface area contributed by atoms with Crippen molar-refractivity contribution in [2.45, 2.75) is 25.6 Å². The minimum atomic E-state index is -1.18. The Balaban J connectivity index is 2.05. The Morgan fingerprint density at radius 2 is 1.94 bits per heavy atom. The Morgan fingerprint density at radius 1 is 1.44 bits per heavy atom. The van der Waals surface area contributed by atoms with Crippen LogP contribution in [-0.2, 0) is 17.9 Å². The summed E-state index contributed by atoms with van der Waals surface area (Å²) in [5.74, 6) is -0.955. The minimum Gasteiger partial charge on any atom is -0.480 e. The maximum absolute atomic E-state index is 10.9. The first kappa shape index (κ1) is 11.1. The Bertz CT molecular complexity index is 390. The number of carboxylic acid groups (broad SMARTS) is 1. The molecule has 4 heteroatoms. The standard InChI is InChI=1S/C12H16N2O2/c1-12(13,11(15)16)8-14-6-9-4-2-3-5-10(9)7-14/h2-5H,6-8,13H2,1H3,(H,15,16). The van der Waals surface area contributed by atoms with Crippen LogP contribution in [0.5, 0.6) is 0 Å². The molecule has 1 atom stereocenters. The van der Waals surface area contributed by atoms with Crippen LogP contribution < -0.4 is 5.73 Å². The van der Waals surface area contributed by atoms with E-state index in [1.165, 1.54) is 11.1 Å². The van der Waals surface area contributed by atoms with E-state index in [0.29, 0.717) is 6.54 Å². The van der Waals surface area contributed by atoms with E-state index in [1.54, 1.807) is 6.92 Å². The van der Waals surface area contributed by atoms with Crippen LogP contribution in [0.4, 0.5) is 0 Å². The van der Waals surface area contributed by atoms with E-state index >= 15 is 0 Å². The Hall–Kier alpha value is -1.39. The van der Waals surface area contributed by atoms with Crippen LogP contribution in [0.25, 0.3) is 0 Å². The van der Waals surface area contributed by atoms with Crippen LogP contribution in [0.3, 0.4) is 0 Å². The highest BCUT2D eigenvalue weighted by atomic mass is 16.4. The van der Waals surface area contributed by atoms with Crippen LogP contribution in [0.15, 0.2) is 24.3 Å². The maximum Gasteiger partial charge on any atom is 0.324 e. The molecular formula is C12H16N2O2. The third-order valence-corrected chi connectivity index (χ3v) is 2.95. The number of nitrogens with zero attached hydrogens (tertiary/aromatic N) is 1. The molecule has 1 aromatic carbocycles. The Labute approximate surface area is 94.7 Å². The van der Waals surface area contributed by atoms with Gasteiger partial charge in [-0.1, -0.05) is 24.3 Å². The lowest BCUT2D eigenvalue weighted by molar-refractivity contribution is -0.143. The summed E-state index contributed by atoms with van der Waals surface area (Å²) in [4.78, 5) is 13.0. The number of aliphatic carboxylic acids is 1. The molecule has 86 valence electrons. The van der Waals surface area contributed by atoms with Crippen molar-refractivity contribution in [1.82, 2.24) is 4.90 Å². The molecule has 4 nitrogen and oxygen atoms in total. The minimum absolute atomic E-state index is 0.372. The number of benzene rings is 1. The summed E-state index contributed by atoms with van der Waals surface area (Å²) in [5.41, 5.74) is 7.09. The number of fused-ring (bicyclic) bond motifs is 1. The number of carboxylic acids is 1. The van der Waals surface area contributed by atoms with E-state index in [-0.39, 0.29) is 0 Å². The summed E-state index contributed by atoms with van der Waals surface area (Å²) >= 11 is 0. The average molecular weight is 220 g/mol. The molecule has 0 aliphatic carbocycles. The molecule has 2 rings (SSSR count). The molecule has 0 fully saturated rings. The number of hydrogen-bond donors (Lipinski definition) is 2. The summed E-state index contributed by atoms with van der Waals surface area (Å²) in [6.07, 6.45) is 0. The van der Waals surface area contributed by atoms with Gasteiger partial charge in [-0.3, -0.25) is 9.69 Å². The van der Waals surface area contributed by atoms with Crippen molar-refractivity contribution in [3.05, 3.63) is 35.4 Å². The van der Waals surface area contributed by atoms with Crippen molar-refractivity contribution in [2.24, 2.45) is 5.73 Å². The van der Waals surface area contributed by atoms with Gasteiger partial charge in [-0.15, -0.1) is 0 Å². The highest BCUT2D eigenvalue weighted by Crippen LogP contribution is 2.23. The molecule has 1 aliphatic rings. The molecule has 0 aromatic heterocycles. The van der Waals surface area contributed by atoms with Gasteiger partial charge in [-0.05, 0) is 18.1 Å². The molecule has 1 unspecified atom stereocenters. The lowest BCUT2D eigenvalue weighted by Gasteiger charge is -2.25. The van der Waals surface area contributed by atoms with Crippen molar-refractivity contribution in [3.63, 3.8) is 0 Å². The molecule has 1 heterocycles. The topological polar surface area (TPSA) is 66.6 Å². The van der Waals surface area contributed by atoms with Gasteiger partial charge >= 0.3 is 5.97 Å². The average Bonchev–Trinajstić information content (AvgIpc) is 2.58. The van der Waals surface area contributed by atoms with Crippen LogP contribution in [0, 0.1) is 0 Å². The summed E-state index contributed by atoms with van der Waals surface area (Å²) < 4.78 is 0. The molecule has 0 bridgehead atoms. The van der Waals surface area contributed by atoms with Crippen LogP contribution in [-0.4, -0.2) is 28.1 Å². The van der Waals surface area contributed by atoms with Gasteiger partial charge in [0, 0.05) is 19.6 Å². The Kier molecular flexibility index (Phi) is 2.69. The molecule has 1 aromatic rings. The second-order valence-corrected chi connectivity index (χ2v) is 4.64. The van der Waals surface area contributed by atoms with Gasteiger partial charge in [0.05, 0.1) is 0 Å². The first-order chi connectivity index (χ1) is 7.49. The molecule has 0 amide bonds. The van der Waals surface area contributed by atoms with Gasteiger partial charge in [0.25, 0.3) is 0 Å². The van der Waals surface area contributed by atoms with Crippen LogP contribution >= 0.6 is 0 Å². The third kappa shape index (κ3) is 2.08. The SMILES string of the molecule is CC(N)(CN1Cc2ccccc2C1)C(=O)O. The van der Waals surface area contributed by atoms with Gasteiger partial charge in [-0.25, -0.2) is 0 Å². The molecule has 0 radical (unpaired) electrons. The van der Waals surface area contributed by atoms with Crippen molar-refractivity contribution < 1.29 is 9.90 Å². The van der Waals surface area contributed by atoms with E-state index in [2.05, 4.69) is 17.0 Å². The van der Waals surface area contributed by atoms with Gasteiger partial charge in [0.2, 0.25) is 0 Å². The molecule has 3 N–H and O–H groups in total. The first-order valence-electron chi connectivity index (χ1n) is 5.30. The van der Waals surface area contributed by atoms with Crippen molar-refractivity contribution in [3.8, 4) is 0 Å². The summed E-state index contributed by atoms with van der Waals surface area (Å²) in [5, 5.41) is 8.97. The van der Waals surface area contributed by atoms with Gasteiger partial charge < -0.3 is 10.8 Å². The fourth-order valence-corrected chi connectivity index (χ4v) is 2.05. The van der Waals surface area contributed by atoms with E-state index in [0.717, 1.165) is 13.1 Å². The van der Waals surface area contributed by atoms with Crippen molar-refractivity contribution in [1.29, 1.82) is 0 Å². The second-order valence-electron chi connectivity index (χ2n) is 4.64. The Morgan fingerprint density at radius 3 is 2.38 bits per heavy atom. The number of rotatable bonds is 3. The summed E-state index contributed by atoms with van der Waals surface area (Å²) in [6.45, 7) is 3.50. The molecule has 0 spiro atoms. The summed E-state index contributed by atoms with van der Waals surface area (Å²) in [6, 6.07) is 8.15. The molecule has 0 saturated carbocycles. The zero-order chi connectivity index (χ0) is 11.8. The zero-order valence-electron chi connectivity index (χ0n) is 9.31. The predicted octanol–water partition coefficient (Wildman–Crippen LogP) is 0.804. The van der Waals surface area contributed by atoms with Crippen molar-refractivity contribution >= 4 is 5.97 Å². The van der Waals surface area contributed by atoms with Crippen LogP contribution in [0.1, 0.15) is 18.1 Å². The lowest BCUT2D eigenvalue weighted by atomic mass is 10.0. The monoisotopic (exact) mass is 220 g/mol. The van der Waals surface area contributed by atoms with Crippen molar-refractivity contribution in [2.75, 3.05) is 6.54 Å². The lowest BCUT2D eigenvalue weighted by Crippen LogP contribution is -2.52. The highest BCUT2D eigenvalue weighted by Gasteiger charge is 2.32. The molecule has 0 saturated heterocycles. The van der Waals surface area contributed by atoms with Gasteiger partial charge in [0.1, 0.15) is 5.54 Å². The van der Waals surface area contributed by atoms with Crippen LogP contribution in [0.2, 0.25) is 0 Å². The molecule has 16 heavy (non-hydrogen) atoms. The predicted molar refractivity (Wildman–Crippen MR) is 60.8 cm³/mol. The van der Waals surface area contributed by atoms with E-state index < -0.39 is 11.5 Å². The number of carbonyl (C=O) groups is 1. The third-order valence-electron chi connectivity index (χ3n) is 2.95. The molecular weight excluding hydrogens is 204 g/mol. The summed E-state index contributed by atoms with van der Waals surface area (Å²) in [7, 11) is 0. The van der Waals surface area contributed by atoms with E-state index in [4.69, 9.17) is 10.8 Å². The van der Waals surface area contributed by atoms with Gasteiger partial charge in [0.15, 0.2) is 0 Å². The fourth-order valence-electron chi connectivity index (χ4n) is 2.05. The van der Waals surface area contributed by atoms with Gasteiger partial charge in [-0.2, -0.15) is 0 Å². The smallest absolute Gasteiger partial charge is 0.324 e. The number of nitrogens with two attached hydrogens (primary N) is 1. The second kappa shape index (κ2) is 3.88. The quantitative estimate of drug-likeness (QED) is 0.791. The highest BCUT2D eigenvalue weighted by molar-refractivity contribution is 5.78. The first-order valence-corrected chi connectivity index (χ1v) is 5.30. The fraction of sp³-hybridized carbons (Fsp3) is 0.417. The number of hydrogen-bond acceptors (Lipinski definition) is 3. The van der Waals surface area contributed by atoms with E-state index in [9.17, 15) is 4.79 Å². The zero-order valence-corrected chi connectivity index (χ0v) is 9.31. The van der Waals surface area contributed by atoms with E-state index in [1.807, 2.05) is 12.1 Å². The largest absolute Gasteiger partial charge is 0.480 e. The molecule has 1 aliphatic heterocycles. The maximum atomic E-state index is 10.9.